The van der Waals surface area contributed by atoms with E-state index in [9.17, 15) is 9.59 Å². The number of amides is 2. The average molecular weight is 551 g/mol. The first-order valence-electron chi connectivity index (χ1n) is 13.8. The lowest BCUT2D eigenvalue weighted by atomic mass is 10.0. The molecule has 0 radical (unpaired) electrons. The van der Waals surface area contributed by atoms with Crippen molar-refractivity contribution in [2.24, 2.45) is 0 Å². The topological polar surface area (TPSA) is 92.2 Å². The molecule has 204 valence electrons. The number of carbonyl (C=O) groups excluding carboxylic acids is 2. The molecule has 1 aliphatic rings. The van der Waals surface area contributed by atoms with E-state index in [1.54, 1.807) is 24.8 Å². The monoisotopic (exact) mass is 550 g/mol. The van der Waals surface area contributed by atoms with E-state index in [1.807, 2.05) is 94.7 Å². The molecule has 0 saturated carbocycles. The lowest BCUT2D eigenvalue weighted by Gasteiger charge is -2.35. The molecule has 1 saturated heterocycles. The van der Waals surface area contributed by atoms with Crippen molar-refractivity contribution >= 4 is 33.6 Å². The van der Waals surface area contributed by atoms with Crippen LogP contribution in [0.15, 0.2) is 110 Å². The first-order chi connectivity index (χ1) is 20.7. The number of piperazine rings is 1. The van der Waals surface area contributed by atoms with Crippen molar-refractivity contribution in [3.8, 4) is 22.5 Å². The van der Waals surface area contributed by atoms with Crippen molar-refractivity contribution in [3.05, 3.63) is 121 Å². The smallest absolute Gasteiger partial charge is 0.254 e. The van der Waals surface area contributed by atoms with Gasteiger partial charge in [-0.25, -0.2) is 9.97 Å². The van der Waals surface area contributed by atoms with Crippen molar-refractivity contribution in [1.82, 2.24) is 29.7 Å². The molecule has 8 nitrogen and oxygen atoms in total. The van der Waals surface area contributed by atoms with Gasteiger partial charge >= 0.3 is 0 Å². The van der Waals surface area contributed by atoms with Crippen LogP contribution in [-0.2, 0) is 0 Å². The molecule has 0 unspecified atom stereocenters. The van der Waals surface area contributed by atoms with Crippen LogP contribution < -0.4 is 0 Å². The van der Waals surface area contributed by atoms with E-state index in [1.165, 1.54) is 0 Å². The summed E-state index contributed by atoms with van der Waals surface area (Å²) >= 11 is 0. The third kappa shape index (κ3) is 4.73. The van der Waals surface area contributed by atoms with Gasteiger partial charge in [0.05, 0.1) is 33.5 Å². The Labute approximate surface area is 242 Å². The fourth-order valence-electron chi connectivity index (χ4n) is 5.50. The van der Waals surface area contributed by atoms with Crippen LogP contribution >= 0.6 is 0 Å². The summed E-state index contributed by atoms with van der Waals surface area (Å²) in [5.74, 6) is -0.129. The summed E-state index contributed by atoms with van der Waals surface area (Å²) in [7, 11) is 0. The second-order valence-electron chi connectivity index (χ2n) is 10.2. The summed E-state index contributed by atoms with van der Waals surface area (Å²) < 4.78 is 0. The number of para-hydroxylation sites is 2. The van der Waals surface area contributed by atoms with Crippen molar-refractivity contribution in [2.75, 3.05) is 26.2 Å². The van der Waals surface area contributed by atoms with Gasteiger partial charge < -0.3 is 9.80 Å². The standard InChI is InChI=1S/C34H26N6O2/c41-33(27-21-31(23-9-13-35-14-10-23)37-29-7-3-1-5-25(27)29)39-17-19-40(20-18-39)34(42)28-22-32(24-11-15-36-16-12-24)38-30-8-4-2-6-26(28)30/h1-16,21-22H,17-20H2. The van der Waals surface area contributed by atoms with Gasteiger partial charge in [-0.15, -0.1) is 0 Å². The fourth-order valence-corrected chi connectivity index (χ4v) is 5.50. The highest BCUT2D eigenvalue weighted by molar-refractivity contribution is 6.08. The highest BCUT2D eigenvalue weighted by atomic mass is 16.2. The number of hydrogen-bond acceptors (Lipinski definition) is 6. The van der Waals surface area contributed by atoms with Crippen LogP contribution in [0.25, 0.3) is 44.3 Å². The Kier molecular flexibility index (Phi) is 6.56. The lowest BCUT2D eigenvalue weighted by Crippen LogP contribution is -2.50. The van der Waals surface area contributed by atoms with Crippen LogP contribution in [0.3, 0.4) is 0 Å². The van der Waals surface area contributed by atoms with E-state index >= 15 is 0 Å². The van der Waals surface area contributed by atoms with Crippen molar-refractivity contribution in [1.29, 1.82) is 0 Å². The van der Waals surface area contributed by atoms with Crippen molar-refractivity contribution < 1.29 is 9.59 Å². The number of hydrogen-bond donors (Lipinski definition) is 0. The first kappa shape index (κ1) is 25.5. The molecule has 0 aliphatic carbocycles. The maximum absolute atomic E-state index is 13.9. The van der Waals surface area contributed by atoms with Gasteiger partial charge in [0.2, 0.25) is 0 Å². The highest BCUT2D eigenvalue weighted by Crippen LogP contribution is 2.28. The van der Waals surface area contributed by atoms with E-state index in [0.717, 1.165) is 44.3 Å². The molecule has 4 aromatic heterocycles. The molecule has 6 aromatic rings. The van der Waals surface area contributed by atoms with Crippen LogP contribution in [0.1, 0.15) is 20.7 Å². The minimum absolute atomic E-state index is 0.0645. The predicted molar refractivity (Wildman–Crippen MR) is 162 cm³/mol. The molecule has 42 heavy (non-hydrogen) atoms. The Morgan fingerprint density at radius 2 is 0.905 bits per heavy atom. The Bertz CT molecular complexity index is 1790. The normalized spacial score (nSPS) is 13.4. The van der Waals surface area contributed by atoms with Crippen molar-refractivity contribution in [2.45, 2.75) is 0 Å². The summed E-state index contributed by atoms with van der Waals surface area (Å²) in [6.45, 7) is 1.75. The minimum Gasteiger partial charge on any atom is -0.335 e. The van der Waals surface area contributed by atoms with Gasteiger partial charge in [0.25, 0.3) is 11.8 Å². The Hall–Kier alpha value is -5.50. The molecule has 0 atom stereocenters. The number of fused-ring (bicyclic) bond motifs is 2. The molecule has 7 rings (SSSR count). The van der Waals surface area contributed by atoms with Crippen LogP contribution in [0.4, 0.5) is 0 Å². The summed E-state index contributed by atoms with van der Waals surface area (Å²) in [6.07, 6.45) is 6.87. The SMILES string of the molecule is O=C(c1cc(-c2ccncc2)nc2ccccc12)N1CCN(C(=O)c2cc(-c3ccncc3)nc3ccccc23)CC1. The minimum atomic E-state index is -0.0645. The Morgan fingerprint density at radius 3 is 1.31 bits per heavy atom. The predicted octanol–water partition coefficient (Wildman–Crippen LogP) is 5.51. The summed E-state index contributed by atoms with van der Waals surface area (Å²) in [5.41, 5.74) is 5.98. The number of rotatable bonds is 4. The molecule has 1 aliphatic heterocycles. The van der Waals surface area contributed by atoms with Gasteiger partial charge in [0, 0.05) is 72.9 Å². The van der Waals surface area contributed by atoms with Gasteiger partial charge in [0.1, 0.15) is 0 Å². The molecule has 2 amide bonds. The molecule has 0 spiro atoms. The van der Waals surface area contributed by atoms with E-state index < -0.39 is 0 Å². The average Bonchev–Trinajstić information content (AvgIpc) is 3.07. The van der Waals surface area contributed by atoms with Crippen LogP contribution in [-0.4, -0.2) is 67.7 Å². The molecule has 0 N–H and O–H groups in total. The number of pyridine rings is 4. The van der Waals surface area contributed by atoms with E-state index in [2.05, 4.69) is 9.97 Å². The van der Waals surface area contributed by atoms with Gasteiger partial charge in [-0.2, -0.15) is 0 Å². The fraction of sp³-hybridized carbons (Fsp3) is 0.118. The summed E-state index contributed by atoms with van der Waals surface area (Å²) in [4.78, 5) is 49.2. The van der Waals surface area contributed by atoms with Gasteiger partial charge in [0.15, 0.2) is 0 Å². The first-order valence-corrected chi connectivity index (χ1v) is 13.8. The zero-order valence-corrected chi connectivity index (χ0v) is 22.7. The largest absolute Gasteiger partial charge is 0.335 e. The quantitative estimate of drug-likeness (QED) is 0.288. The summed E-state index contributed by atoms with van der Waals surface area (Å²) in [6, 6.07) is 26.7. The van der Waals surface area contributed by atoms with Gasteiger partial charge in [-0.05, 0) is 48.5 Å². The maximum Gasteiger partial charge on any atom is 0.254 e. The third-order valence-corrected chi connectivity index (χ3v) is 7.70. The zero-order valence-electron chi connectivity index (χ0n) is 22.7. The molecule has 2 aromatic carbocycles. The molecular formula is C34H26N6O2. The maximum atomic E-state index is 13.9. The number of nitrogens with zero attached hydrogens (tertiary/aromatic N) is 6. The number of benzene rings is 2. The van der Waals surface area contributed by atoms with E-state index in [0.29, 0.717) is 37.3 Å². The molecule has 5 heterocycles. The lowest BCUT2D eigenvalue weighted by molar-refractivity contribution is 0.0537. The van der Waals surface area contributed by atoms with Crippen LogP contribution in [0.5, 0.6) is 0 Å². The molecule has 1 fully saturated rings. The van der Waals surface area contributed by atoms with Crippen LogP contribution in [0.2, 0.25) is 0 Å². The molecular weight excluding hydrogens is 524 g/mol. The molecule has 8 heteroatoms. The number of aromatic nitrogens is 4. The Morgan fingerprint density at radius 1 is 0.524 bits per heavy atom. The second kappa shape index (κ2) is 10.8. The Balaban J connectivity index is 1.15. The number of carbonyl (C=O) groups is 2. The molecule has 0 bridgehead atoms. The highest BCUT2D eigenvalue weighted by Gasteiger charge is 2.28. The van der Waals surface area contributed by atoms with Crippen molar-refractivity contribution in [3.63, 3.8) is 0 Å². The zero-order chi connectivity index (χ0) is 28.5. The van der Waals surface area contributed by atoms with Crippen LogP contribution in [0, 0.1) is 0 Å². The van der Waals surface area contributed by atoms with E-state index in [-0.39, 0.29) is 11.8 Å². The van der Waals surface area contributed by atoms with Gasteiger partial charge in [-0.1, -0.05) is 36.4 Å². The third-order valence-electron chi connectivity index (χ3n) is 7.70. The second-order valence-corrected chi connectivity index (χ2v) is 10.2. The summed E-state index contributed by atoms with van der Waals surface area (Å²) in [5, 5.41) is 1.62. The van der Waals surface area contributed by atoms with E-state index in [4.69, 9.17) is 9.97 Å². The van der Waals surface area contributed by atoms with Gasteiger partial charge in [-0.3, -0.25) is 19.6 Å².